The molecule has 1 amide bonds. The van der Waals surface area contributed by atoms with Gasteiger partial charge in [0.15, 0.2) is 0 Å². The first-order valence-corrected chi connectivity index (χ1v) is 5.58. The molecule has 0 atom stereocenters. The third-order valence-electron chi connectivity index (χ3n) is 2.28. The minimum Gasteiger partial charge on any atom is -0.496 e. The Bertz CT molecular complexity index is 422. The first-order chi connectivity index (χ1) is 8.92. The van der Waals surface area contributed by atoms with Gasteiger partial charge < -0.3 is 15.4 Å². The molecule has 1 aromatic rings. The third kappa shape index (κ3) is 6.10. The lowest BCUT2D eigenvalue weighted by Gasteiger charge is -2.10. The van der Waals surface area contributed by atoms with Crippen LogP contribution in [0.5, 0.6) is 5.75 Å². The molecule has 0 aromatic heterocycles. The summed E-state index contributed by atoms with van der Waals surface area (Å²) in [4.78, 5) is 11.3. The summed E-state index contributed by atoms with van der Waals surface area (Å²) in [5, 5.41) is 4.53. The summed E-state index contributed by atoms with van der Waals surface area (Å²) in [6.07, 6.45) is -4.32. The summed E-state index contributed by atoms with van der Waals surface area (Å²) < 4.78 is 40.6. The monoisotopic (exact) mass is 276 g/mol. The van der Waals surface area contributed by atoms with Crippen LogP contribution in [0.4, 0.5) is 13.2 Å². The Morgan fingerprint density at radius 2 is 2.00 bits per heavy atom. The summed E-state index contributed by atoms with van der Waals surface area (Å²) in [6, 6.07) is 7.08. The Morgan fingerprint density at radius 3 is 2.63 bits per heavy atom. The number of amides is 1. The number of rotatable bonds is 6. The van der Waals surface area contributed by atoms with Crippen LogP contribution in [-0.4, -0.2) is 32.3 Å². The fourth-order valence-electron chi connectivity index (χ4n) is 1.42. The molecule has 106 valence electrons. The molecule has 7 heteroatoms. The van der Waals surface area contributed by atoms with Gasteiger partial charge in [0.2, 0.25) is 5.91 Å². The van der Waals surface area contributed by atoms with Crippen molar-refractivity contribution in [3.05, 3.63) is 29.8 Å². The zero-order valence-corrected chi connectivity index (χ0v) is 10.4. The molecule has 0 saturated carbocycles. The Kier molecular flexibility index (Phi) is 5.62. The van der Waals surface area contributed by atoms with Crippen molar-refractivity contribution in [3.63, 3.8) is 0 Å². The van der Waals surface area contributed by atoms with Crippen LogP contribution in [0.1, 0.15) is 5.56 Å². The van der Waals surface area contributed by atoms with Crippen molar-refractivity contribution >= 4 is 5.91 Å². The van der Waals surface area contributed by atoms with Crippen LogP contribution in [0.15, 0.2) is 24.3 Å². The highest BCUT2D eigenvalue weighted by Crippen LogP contribution is 2.16. The number of benzene rings is 1. The van der Waals surface area contributed by atoms with Gasteiger partial charge in [0.25, 0.3) is 0 Å². The van der Waals surface area contributed by atoms with E-state index >= 15 is 0 Å². The van der Waals surface area contributed by atoms with Crippen LogP contribution in [0.3, 0.4) is 0 Å². The average molecular weight is 276 g/mol. The van der Waals surface area contributed by atoms with Gasteiger partial charge in [0, 0.05) is 12.1 Å². The van der Waals surface area contributed by atoms with Crippen LogP contribution in [-0.2, 0) is 11.3 Å². The van der Waals surface area contributed by atoms with Crippen LogP contribution in [0.25, 0.3) is 0 Å². The molecular formula is C12H15F3N2O2. The van der Waals surface area contributed by atoms with Gasteiger partial charge in [-0.05, 0) is 6.07 Å². The van der Waals surface area contributed by atoms with Crippen LogP contribution < -0.4 is 15.4 Å². The summed E-state index contributed by atoms with van der Waals surface area (Å²) in [5.41, 5.74) is 0.758. The first-order valence-electron chi connectivity index (χ1n) is 5.58. The third-order valence-corrected chi connectivity index (χ3v) is 2.28. The van der Waals surface area contributed by atoms with E-state index in [9.17, 15) is 18.0 Å². The Hall–Kier alpha value is -1.76. The first kappa shape index (κ1) is 15.3. The summed E-state index contributed by atoms with van der Waals surface area (Å²) in [6.45, 7) is -1.36. The second kappa shape index (κ2) is 6.98. The lowest BCUT2D eigenvalue weighted by molar-refractivity contribution is -0.128. The molecule has 0 radical (unpaired) electrons. The molecule has 0 aliphatic heterocycles. The molecule has 0 aliphatic carbocycles. The van der Waals surface area contributed by atoms with E-state index in [2.05, 4.69) is 5.32 Å². The van der Waals surface area contributed by atoms with Gasteiger partial charge in [-0.1, -0.05) is 18.2 Å². The van der Waals surface area contributed by atoms with E-state index in [1.807, 2.05) is 5.32 Å². The number of ether oxygens (including phenoxy) is 1. The minimum absolute atomic E-state index is 0.205. The number of methoxy groups -OCH3 is 1. The average Bonchev–Trinajstić information content (AvgIpc) is 2.35. The number of hydrogen-bond acceptors (Lipinski definition) is 3. The molecular weight excluding hydrogens is 261 g/mol. The van der Waals surface area contributed by atoms with Crippen LogP contribution in [0.2, 0.25) is 0 Å². The lowest BCUT2D eigenvalue weighted by atomic mass is 10.2. The smallest absolute Gasteiger partial charge is 0.401 e. The number of hydrogen-bond donors (Lipinski definition) is 2. The number of para-hydroxylation sites is 1. The quantitative estimate of drug-likeness (QED) is 0.827. The second-order valence-corrected chi connectivity index (χ2v) is 3.81. The predicted octanol–water partition coefficient (Wildman–Crippen LogP) is 1.46. The summed E-state index contributed by atoms with van der Waals surface area (Å²) >= 11 is 0. The zero-order valence-electron chi connectivity index (χ0n) is 10.4. The maximum absolute atomic E-state index is 11.8. The SMILES string of the molecule is COc1ccccc1CNC(=O)CNCC(F)(F)F. The Morgan fingerprint density at radius 1 is 1.32 bits per heavy atom. The zero-order chi connectivity index (χ0) is 14.3. The van der Waals surface area contributed by atoms with Crippen molar-refractivity contribution in [3.8, 4) is 5.75 Å². The maximum atomic E-state index is 11.8. The molecule has 0 unspecified atom stereocenters. The highest BCUT2D eigenvalue weighted by molar-refractivity contribution is 5.78. The molecule has 0 spiro atoms. The molecule has 4 nitrogen and oxygen atoms in total. The van der Waals surface area contributed by atoms with Crippen molar-refractivity contribution in [2.75, 3.05) is 20.2 Å². The minimum atomic E-state index is -4.32. The van der Waals surface area contributed by atoms with Gasteiger partial charge in [-0.25, -0.2) is 0 Å². The number of halogens is 3. The van der Waals surface area contributed by atoms with Crippen molar-refractivity contribution in [2.45, 2.75) is 12.7 Å². The Balaban J connectivity index is 2.34. The van der Waals surface area contributed by atoms with Crippen molar-refractivity contribution < 1.29 is 22.7 Å². The largest absolute Gasteiger partial charge is 0.496 e. The topological polar surface area (TPSA) is 50.4 Å². The van der Waals surface area contributed by atoms with Gasteiger partial charge in [0.05, 0.1) is 20.2 Å². The fraction of sp³-hybridized carbons (Fsp3) is 0.417. The van der Waals surface area contributed by atoms with E-state index in [0.717, 1.165) is 5.56 Å². The highest BCUT2D eigenvalue weighted by atomic mass is 19.4. The molecule has 0 saturated heterocycles. The van der Waals surface area contributed by atoms with Crippen molar-refractivity contribution in [1.29, 1.82) is 0 Å². The lowest BCUT2D eigenvalue weighted by Crippen LogP contribution is -2.38. The van der Waals surface area contributed by atoms with Gasteiger partial charge in [-0.15, -0.1) is 0 Å². The summed E-state index contributed by atoms with van der Waals surface area (Å²) in [5.74, 6) is 0.112. The highest BCUT2D eigenvalue weighted by Gasteiger charge is 2.26. The van der Waals surface area contributed by atoms with E-state index in [0.29, 0.717) is 5.75 Å². The normalized spacial score (nSPS) is 11.2. The number of carbonyl (C=O) groups is 1. The van der Waals surface area contributed by atoms with Gasteiger partial charge in [0.1, 0.15) is 5.75 Å². The number of carbonyl (C=O) groups excluding carboxylic acids is 1. The van der Waals surface area contributed by atoms with Crippen LogP contribution in [0, 0.1) is 0 Å². The standard InChI is InChI=1S/C12H15F3N2O2/c1-19-10-5-3-2-4-9(10)6-17-11(18)7-16-8-12(13,14)15/h2-5,16H,6-8H2,1H3,(H,17,18). The van der Waals surface area contributed by atoms with Gasteiger partial charge in [-0.3, -0.25) is 4.79 Å². The van der Waals surface area contributed by atoms with Gasteiger partial charge in [-0.2, -0.15) is 13.2 Å². The summed E-state index contributed by atoms with van der Waals surface area (Å²) in [7, 11) is 1.51. The molecule has 1 aromatic carbocycles. The number of nitrogens with one attached hydrogen (secondary N) is 2. The van der Waals surface area contributed by atoms with E-state index in [4.69, 9.17) is 4.74 Å². The molecule has 0 fully saturated rings. The molecule has 19 heavy (non-hydrogen) atoms. The van der Waals surface area contributed by atoms with E-state index in [-0.39, 0.29) is 13.1 Å². The second-order valence-electron chi connectivity index (χ2n) is 3.81. The number of alkyl halides is 3. The molecule has 0 aliphatic rings. The van der Waals surface area contributed by atoms with Crippen molar-refractivity contribution in [1.82, 2.24) is 10.6 Å². The fourth-order valence-corrected chi connectivity index (χ4v) is 1.42. The molecule has 0 bridgehead atoms. The molecule has 2 N–H and O–H groups in total. The molecule has 0 heterocycles. The maximum Gasteiger partial charge on any atom is 0.401 e. The van der Waals surface area contributed by atoms with Crippen LogP contribution >= 0.6 is 0 Å². The van der Waals surface area contributed by atoms with E-state index in [1.165, 1.54) is 7.11 Å². The van der Waals surface area contributed by atoms with Crippen molar-refractivity contribution in [2.24, 2.45) is 0 Å². The van der Waals surface area contributed by atoms with Gasteiger partial charge >= 0.3 is 6.18 Å². The van der Waals surface area contributed by atoms with E-state index in [1.54, 1.807) is 24.3 Å². The van der Waals surface area contributed by atoms with E-state index < -0.39 is 18.6 Å². The Labute approximate surface area is 108 Å². The predicted molar refractivity (Wildman–Crippen MR) is 63.8 cm³/mol. The molecule has 1 rings (SSSR count).